The largest absolute Gasteiger partial charge is 0.457 e. The molecule has 0 unspecified atom stereocenters. The third-order valence-corrected chi connectivity index (χ3v) is 5.96. The van der Waals surface area contributed by atoms with Crippen LogP contribution in [0.25, 0.3) is 0 Å². The molecule has 27 heavy (non-hydrogen) atoms. The lowest BCUT2D eigenvalue weighted by molar-refractivity contribution is -0.130. The van der Waals surface area contributed by atoms with Gasteiger partial charge < -0.3 is 19.5 Å². The van der Waals surface area contributed by atoms with Crippen molar-refractivity contribution in [1.82, 2.24) is 10.2 Å². The van der Waals surface area contributed by atoms with Crippen LogP contribution in [-0.2, 0) is 9.47 Å². The number of thioether (sulfide) groups is 1. The summed E-state index contributed by atoms with van der Waals surface area (Å²) in [6.07, 6.45) is 1.15. The molecule has 1 saturated heterocycles. The van der Waals surface area contributed by atoms with E-state index in [0.29, 0.717) is 6.79 Å². The fraction of sp³-hybridized carbons (Fsp3) is 0.263. The lowest BCUT2D eigenvalue weighted by Crippen LogP contribution is -2.25. The van der Waals surface area contributed by atoms with Gasteiger partial charge in [-0.05, 0) is 42.8 Å². The second kappa shape index (κ2) is 9.18. The Kier molecular flexibility index (Phi) is 6.21. The normalized spacial score (nSPS) is 16.8. The average molecular weight is 402 g/mol. The number of benzene rings is 2. The smallest absolute Gasteiger partial charge is 0.210 e. The van der Waals surface area contributed by atoms with Crippen molar-refractivity contribution in [2.75, 3.05) is 24.5 Å². The molecule has 0 saturated carbocycles. The van der Waals surface area contributed by atoms with Gasteiger partial charge in [0.2, 0.25) is 5.13 Å². The van der Waals surface area contributed by atoms with E-state index in [2.05, 4.69) is 15.5 Å². The van der Waals surface area contributed by atoms with Gasteiger partial charge in [-0.15, -0.1) is 10.2 Å². The van der Waals surface area contributed by atoms with E-state index in [1.165, 1.54) is 11.3 Å². The van der Waals surface area contributed by atoms with E-state index >= 15 is 0 Å². The van der Waals surface area contributed by atoms with Crippen molar-refractivity contribution < 1.29 is 14.2 Å². The van der Waals surface area contributed by atoms with E-state index in [4.69, 9.17) is 14.2 Å². The molecular weight excluding hydrogens is 382 g/mol. The number of para-hydroxylation sites is 1. The number of anilines is 2. The summed E-state index contributed by atoms with van der Waals surface area (Å²) in [5.41, 5.74) is 0.941. The van der Waals surface area contributed by atoms with Gasteiger partial charge in [0, 0.05) is 11.4 Å². The van der Waals surface area contributed by atoms with Crippen molar-refractivity contribution in [2.24, 2.45) is 0 Å². The summed E-state index contributed by atoms with van der Waals surface area (Å²) in [7, 11) is 0. The Balaban J connectivity index is 1.29. The van der Waals surface area contributed by atoms with Gasteiger partial charge in [-0.25, -0.2) is 0 Å². The Morgan fingerprint density at radius 2 is 1.89 bits per heavy atom. The van der Waals surface area contributed by atoms with Gasteiger partial charge in [0.05, 0.1) is 12.7 Å². The number of hydrogen-bond acceptors (Lipinski definition) is 8. The van der Waals surface area contributed by atoms with Gasteiger partial charge in [-0.3, -0.25) is 0 Å². The maximum atomic E-state index is 5.80. The molecule has 0 bridgehead atoms. The van der Waals surface area contributed by atoms with Gasteiger partial charge in [-0.2, -0.15) is 0 Å². The third-order valence-electron chi connectivity index (χ3n) is 3.85. The highest BCUT2D eigenvalue weighted by Gasteiger charge is 2.15. The third kappa shape index (κ3) is 5.43. The number of hydrogen-bond donors (Lipinski definition) is 1. The first-order valence-electron chi connectivity index (χ1n) is 8.61. The topological polar surface area (TPSA) is 65.5 Å². The van der Waals surface area contributed by atoms with Crippen LogP contribution in [0.4, 0.5) is 10.8 Å². The first-order chi connectivity index (χ1) is 13.3. The maximum Gasteiger partial charge on any atom is 0.210 e. The molecule has 140 valence electrons. The number of rotatable bonds is 7. The summed E-state index contributed by atoms with van der Waals surface area (Å²) >= 11 is 3.20. The van der Waals surface area contributed by atoms with E-state index in [9.17, 15) is 0 Å². The molecule has 1 atom stereocenters. The number of ether oxygens (including phenoxy) is 3. The van der Waals surface area contributed by atoms with Crippen LogP contribution in [0, 0.1) is 0 Å². The molecule has 1 aromatic heterocycles. The summed E-state index contributed by atoms with van der Waals surface area (Å²) in [5.74, 6) is 2.47. The average Bonchev–Trinajstić information content (AvgIpc) is 3.17. The molecule has 1 N–H and O–H groups in total. The Hall–Kier alpha value is -2.13. The van der Waals surface area contributed by atoms with Crippen LogP contribution >= 0.6 is 23.1 Å². The van der Waals surface area contributed by atoms with E-state index in [1.54, 1.807) is 11.8 Å². The van der Waals surface area contributed by atoms with E-state index in [-0.39, 0.29) is 6.10 Å². The predicted molar refractivity (Wildman–Crippen MR) is 107 cm³/mol. The van der Waals surface area contributed by atoms with Crippen LogP contribution in [0.5, 0.6) is 11.5 Å². The lowest BCUT2D eigenvalue weighted by atomic mass is 10.3. The first-order valence-corrected chi connectivity index (χ1v) is 10.4. The van der Waals surface area contributed by atoms with E-state index in [1.807, 2.05) is 54.6 Å². The van der Waals surface area contributed by atoms with Gasteiger partial charge in [0.15, 0.2) is 4.34 Å². The summed E-state index contributed by atoms with van der Waals surface area (Å²) in [6.45, 7) is 1.15. The number of nitrogens with zero attached hydrogens (tertiary/aromatic N) is 2. The van der Waals surface area contributed by atoms with Crippen LogP contribution in [0.3, 0.4) is 0 Å². The Morgan fingerprint density at radius 3 is 2.67 bits per heavy atom. The SMILES string of the molecule is c1ccc(Oc2ccc(Nc3nnc(SC[C@@H]4CCOCO4)s3)cc2)cc1. The summed E-state index contributed by atoms with van der Waals surface area (Å²) in [6, 6.07) is 17.5. The molecule has 6 nitrogen and oxygen atoms in total. The second-order valence-electron chi connectivity index (χ2n) is 5.85. The highest BCUT2D eigenvalue weighted by Crippen LogP contribution is 2.30. The van der Waals surface area contributed by atoms with Crippen molar-refractivity contribution in [3.05, 3.63) is 54.6 Å². The highest BCUT2D eigenvalue weighted by atomic mass is 32.2. The van der Waals surface area contributed by atoms with Crippen molar-refractivity contribution >= 4 is 33.9 Å². The lowest BCUT2D eigenvalue weighted by Gasteiger charge is -2.21. The molecule has 0 amide bonds. The molecule has 0 radical (unpaired) electrons. The molecule has 0 aliphatic carbocycles. The fourth-order valence-corrected chi connectivity index (χ4v) is 4.33. The van der Waals surface area contributed by atoms with Gasteiger partial charge >= 0.3 is 0 Å². The predicted octanol–water partition coefficient (Wildman–Crippen LogP) is 4.93. The fourth-order valence-electron chi connectivity index (χ4n) is 2.47. The van der Waals surface area contributed by atoms with Gasteiger partial charge in [-0.1, -0.05) is 41.3 Å². The molecule has 2 aromatic carbocycles. The zero-order valence-electron chi connectivity index (χ0n) is 14.5. The minimum atomic E-state index is 0.223. The number of aromatic nitrogens is 2. The standard InChI is InChI=1S/C19H19N3O3S2/c1-2-4-15(5-3-1)25-16-8-6-14(7-9-16)20-18-21-22-19(27-18)26-12-17-10-11-23-13-24-17/h1-9,17H,10-13H2,(H,20,21)/t17-/m0/s1. The highest BCUT2D eigenvalue weighted by molar-refractivity contribution is 8.01. The molecular formula is C19H19N3O3S2. The first kappa shape index (κ1) is 18.2. The van der Waals surface area contributed by atoms with Crippen LogP contribution < -0.4 is 10.1 Å². The molecule has 1 aliphatic heterocycles. The molecule has 1 aliphatic rings. The summed E-state index contributed by atoms with van der Waals surface area (Å²) in [4.78, 5) is 0. The molecule has 2 heterocycles. The summed E-state index contributed by atoms with van der Waals surface area (Å²) in [5, 5.41) is 12.5. The van der Waals surface area contributed by atoms with Gasteiger partial charge in [0.1, 0.15) is 18.3 Å². The molecule has 0 spiro atoms. The van der Waals surface area contributed by atoms with Crippen molar-refractivity contribution in [1.29, 1.82) is 0 Å². The minimum absolute atomic E-state index is 0.223. The Morgan fingerprint density at radius 1 is 1.07 bits per heavy atom. The Bertz CT molecular complexity index is 837. The van der Waals surface area contributed by atoms with Crippen LogP contribution in [-0.4, -0.2) is 35.5 Å². The van der Waals surface area contributed by atoms with E-state index < -0.39 is 0 Å². The quantitative estimate of drug-likeness (QED) is 0.563. The molecule has 1 fully saturated rings. The minimum Gasteiger partial charge on any atom is -0.457 e. The van der Waals surface area contributed by atoms with Crippen LogP contribution in [0.1, 0.15) is 6.42 Å². The van der Waals surface area contributed by atoms with Gasteiger partial charge in [0.25, 0.3) is 0 Å². The van der Waals surface area contributed by atoms with Crippen molar-refractivity contribution in [3.8, 4) is 11.5 Å². The van der Waals surface area contributed by atoms with Crippen LogP contribution in [0.15, 0.2) is 58.9 Å². The zero-order valence-corrected chi connectivity index (χ0v) is 16.2. The second-order valence-corrected chi connectivity index (χ2v) is 8.10. The monoisotopic (exact) mass is 401 g/mol. The zero-order chi connectivity index (χ0) is 18.3. The maximum absolute atomic E-state index is 5.80. The van der Waals surface area contributed by atoms with Crippen molar-refractivity contribution in [3.63, 3.8) is 0 Å². The molecule has 3 aromatic rings. The van der Waals surface area contributed by atoms with Crippen molar-refractivity contribution in [2.45, 2.75) is 16.9 Å². The molecule has 4 rings (SSSR count). The number of nitrogens with one attached hydrogen (secondary N) is 1. The summed E-state index contributed by atoms with van der Waals surface area (Å²) < 4.78 is 17.5. The Labute approximate surface area is 165 Å². The van der Waals surface area contributed by atoms with E-state index in [0.717, 1.165) is 45.4 Å². The van der Waals surface area contributed by atoms with Crippen LogP contribution in [0.2, 0.25) is 0 Å². The molecule has 8 heteroatoms.